The Balaban J connectivity index is 1.60. The molecule has 0 unspecified atom stereocenters. The molecule has 148 valence electrons. The normalized spacial score (nSPS) is 16.8. The van der Waals surface area contributed by atoms with E-state index in [1.165, 1.54) is 17.0 Å². The maximum absolute atomic E-state index is 12.7. The lowest BCUT2D eigenvalue weighted by Gasteiger charge is -2.18. The van der Waals surface area contributed by atoms with Gasteiger partial charge in [0.25, 0.3) is 0 Å². The van der Waals surface area contributed by atoms with Gasteiger partial charge in [0, 0.05) is 24.3 Å². The Bertz CT molecular complexity index is 869. The van der Waals surface area contributed by atoms with Crippen LogP contribution in [0.2, 0.25) is 0 Å². The highest BCUT2D eigenvalue weighted by Gasteiger charge is 2.32. The number of nitrogens with zero attached hydrogens (tertiary/aromatic N) is 1. The number of ether oxygens (including phenoxy) is 1. The molecule has 0 aliphatic carbocycles. The molecule has 3 rings (SSSR count). The minimum absolute atomic E-state index is 0.0173. The lowest BCUT2D eigenvalue weighted by Crippen LogP contribution is -2.39. The second-order valence-corrected chi connectivity index (χ2v) is 6.28. The third kappa shape index (κ3) is 4.54. The average Bonchev–Trinajstić information content (AvgIpc) is 3.01. The Morgan fingerprint density at radius 3 is 2.54 bits per heavy atom. The first-order valence-corrected chi connectivity index (χ1v) is 8.45. The number of benzene rings is 2. The number of anilines is 2. The first-order chi connectivity index (χ1) is 13.3. The zero-order chi connectivity index (χ0) is 20.3. The first-order valence-electron chi connectivity index (χ1n) is 8.45. The maximum atomic E-state index is 12.7. The van der Waals surface area contributed by atoms with E-state index in [4.69, 9.17) is 4.74 Å². The van der Waals surface area contributed by atoms with Gasteiger partial charge in [-0.1, -0.05) is 6.07 Å². The van der Waals surface area contributed by atoms with Crippen LogP contribution in [0.1, 0.15) is 12.0 Å². The molecule has 6 nitrogen and oxygen atoms in total. The molecular weight excluding hydrogens is 375 g/mol. The van der Waals surface area contributed by atoms with E-state index in [9.17, 15) is 22.8 Å². The summed E-state index contributed by atoms with van der Waals surface area (Å²) >= 11 is 0. The highest BCUT2D eigenvalue weighted by Crippen LogP contribution is 2.30. The number of rotatable bonds is 4. The van der Waals surface area contributed by atoms with Gasteiger partial charge in [-0.2, -0.15) is 13.2 Å². The number of carbonyl (C=O) groups excluding carboxylic acids is 2. The summed E-state index contributed by atoms with van der Waals surface area (Å²) in [5, 5.41) is 4.99. The molecule has 2 N–H and O–H groups in total. The van der Waals surface area contributed by atoms with Crippen LogP contribution in [0, 0.1) is 0 Å². The van der Waals surface area contributed by atoms with Crippen LogP contribution in [0.5, 0.6) is 5.75 Å². The van der Waals surface area contributed by atoms with E-state index in [1.54, 1.807) is 31.4 Å². The number of hydrogen-bond donors (Lipinski definition) is 2. The molecule has 0 radical (unpaired) electrons. The van der Waals surface area contributed by atoms with E-state index in [1.807, 2.05) is 0 Å². The van der Waals surface area contributed by atoms with E-state index in [0.29, 0.717) is 11.4 Å². The number of methoxy groups -OCH3 is 1. The molecule has 2 aromatic rings. The Morgan fingerprint density at radius 1 is 1.18 bits per heavy atom. The van der Waals surface area contributed by atoms with Crippen molar-refractivity contribution < 1.29 is 27.5 Å². The molecule has 3 amide bonds. The van der Waals surface area contributed by atoms with E-state index < -0.39 is 23.8 Å². The Morgan fingerprint density at radius 2 is 1.89 bits per heavy atom. The largest absolute Gasteiger partial charge is 0.497 e. The van der Waals surface area contributed by atoms with Gasteiger partial charge < -0.3 is 20.3 Å². The van der Waals surface area contributed by atoms with Crippen molar-refractivity contribution in [1.82, 2.24) is 5.32 Å². The van der Waals surface area contributed by atoms with Gasteiger partial charge in [0.2, 0.25) is 5.91 Å². The summed E-state index contributed by atoms with van der Waals surface area (Å²) in [7, 11) is 1.54. The van der Waals surface area contributed by atoms with Gasteiger partial charge >= 0.3 is 12.2 Å². The third-order valence-corrected chi connectivity index (χ3v) is 4.29. The molecule has 1 atom stereocenters. The van der Waals surface area contributed by atoms with Crippen LogP contribution in [0.4, 0.5) is 29.3 Å². The quantitative estimate of drug-likeness (QED) is 0.833. The van der Waals surface area contributed by atoms with Crippen molar-refractivity contribution in [3.8, 4) is 5.75 Å². The van der Waals surface area contributed by atoms with Gasteiger partial charge in [-0.05, 0) is 42.5 Å². The van der Waals surface area contributed by atoms with Gasteiger partial charge in [-0.25, -0.2) is 4.79 Å². The van der Waals surface area contributed by atoms with Gasteiger partial charge in [-0.15, -0.1) is 0 Å². The van der Waals surface area contributed by atoms with Crippen molar-refractivity contribution in [3.05, 3.63) is 54.1 Å². The number of nitrogens with one attached hydrogen (secondary N) is 2. The number of amides is 3. The molecule has 1 saturated heterocycles. The Kier molecular flexibility index (Phi) is 5.43. The molecule has 1 fully saturated rings. The molecule has 0 saturated carbocycles. The van der Waals surface area contributed by atoms with Crippen molar-refractivity contribution in [1.29, 1.82) is 0 Å². The minimum Gasteiger partial charge on any atom is -0.497 e. The molecule has 1 heterocycles. The number of carbonyl (C=O) groups is 2. The predicted octanol–water partition coefficient (Wildman–Crippen LogP) is 3.64. The molecular formula is C19H18F3N3O3. The van der Waals surface area contributed by atoms with Crippen LogP contribution in [0.3, 0.4) is 0 Å². The molecule has 1 aliphatic heterocycles. The lowest BCUT2D eigenvalue weighted by molar-refractivity contribution is -0.137. The van der Waals surface area contributed by atoms with E-state index in [2.05, 4.69) is 10.6 Å². The predicted molar refractivity (Wildman–Crippen MR) is 97.4 cm³/mol. The van der Waals surface area contributed by atoms with Crippen LogP contribution >= 0.6 is 0 Å². The standard InChI is InChI=1S/C19H18F3N3O3/c1-28-16-7-5-15(6-8-16)25-11-14(10-17(25)26)24-18(27)23-13-4-2-3-12(9-13)19(20,21)22/h2-9,14H,10-11H2,1H3,(H2,23,24,27)/t14-/m1/s1. The van der Waals surface area contributed by atoms with E-state index in [-0.39, 0.29) is 24.6 Å². The Hall–Kier alpha value is -3.23. The Labute approximate surface area is 159 Å². The summed E-state index contributed by atoms with van der Waals surface area (Å²) in [6.45, 7) is 0.265. The smallest absolute Gasteiger partial charge is 0.416 e. The van der Waals surface area contributed by atoms with Crippen molar-refractivity contribution in [3.63, 3.8) is 0 Å². The van der Waals surface area contributed by atoms with Crippen LogP contribution in [-0.4, -0.2) is 31.6 Å². The summed E-state index contributed by atoms with van der Waals surface area (Å²) in [5.41, 5.74) is -0.163. The van der Waals surface area contributed by atoms with Gasteiger partial charge in [0.05, 0.1) is 18.7 Å². The van der Waals surface area contributed by atoms with Crippen molar-refractivity contribution in [2.24, 2.45) is 0 Å². The second kappa shape index (κ2) is 7.79. The first kappa shape index (κ1) is 19.5. The summed E-state index contributed by atoms with van der Waals surface area (Å²) in [6, 6.07) is 10.1. The fourth-order valence-corrected chi connectivity index (χ4v) is 2.94. The summed E-state index contributed by atoms with van der Waals surface area (Å²) in [6.07, 6.45) is -4.40. The van der Waals surface area contributed by atoms with Gasteiger partial charge in [0.1, 0.15) is 5.75 Å². The molecule has 9 heteroatoms. The highest BCUT2D eigenvalue weighted by molar-refractivity contribution is 5.97. The zero-order valence-electron chi connectivity index (χ0n) is 14.9. The topological polar surface area (TPSA) is 70.7 Å². The summed E-state index contributed by atoms with van der Waals surface area (Å²) < 4.78 is 43.3. The van der Waals surface area contributed by atoms with Crippen LogP contribution in [0.25, 0.3) is 0 Å². The van der Waals surface area contributed by atoms with E-state index >= 15 is 0 Å². The molecule has 28 heavy (non-hydrogen) atoms. The molecule has 2 aromatic carbocycles. The maximum Gasteiger partial charge on any atom is 0.416 e. The average molecular weight is 393 g/mol. The molecule has 1 aliphatic rings. The lowest BCUT2D eigenvalue weighted by atomic mass is 10.2. The minimum atomic E-state index is -4.50. The monoisotopic (exact) mass is 393 g/mol. The number of urea groups is 1. The van der Waals surface area contributed by atoms with E-state index in [0.717, 1.165) is 12.1 Å². The summed E-state index contributed by atoms with van der Waals surface area (Å²) in [5.74, 6) is 0.500. The fourth-order valence-electron chi connectivity index (χ4n) is 2.94. The number of alkyl halides is 3. The molecule has 0 spiro atoms. The SMILES string of the molecule is COc1ccc(N2C[C@H](NC(=O)Nc3cccc(C(F)(F)F)c3)CC2=O)cc1. The molecule has 0 bridgehead atoms. The number of hydrogen-bond acceptors (Lipinski definition) is 3. The van der Waals surface area contributed by atoms with Crippen LogP contribution in [0.15, 0.2) is 48.5 Å². The van der Waals surface area contributed by atoms with Gasteiger partial charge in [0.15, 0.2) is 0 Å². The second-order valence-electron chi connectivity index (χ2n) is 6.28. The fraction of sp³-hybridized carbons (Fsp3) is 0.263. The van der Waals surface area contributed by atoms with Gasteiger partial charge in [-0.3, -0.25) is 4.79 Å². The van der Waals surface area contributed by atoms with Crippen molar-refractivity contribution >= 4 is 23.3 Å². The van der Waals surface area contributed by atoms with Crippen LogP contribution in [-0.2, 0) is 11.0 Å². The highest BCUT2D eigenvalue weighted by atomic mass is 19.4. The molecule has 0 aromatic heterocycles. The summed E-state index contributed by atoms with van der Waals surface area (Å²) in [4.78, 5) is 25.9. The van der Waals surface area contributed by atoms with Crippen LogP contribution < -0.4 is 20.3 Å². The van der Waals surface area contributed by atoms with Crippen molar-refractivity contribution in [2.45, 2.75) is 18.6 Å². The number of halogens is 3. The van der Waals surface area contributed by atoms with Crippen molar-refractivity contribution in [2.75, 3.05) is 23.9 Å². The third-order valence-electron chi connectivity index (χ3n) is 4.29. The zero-order valence-corrected chi connectivity index (χ0v) is 14.9.